The van der Waals surface area contributed by atoms with Crippen LogP contribution in [-0.2, 0) is 15.0 Å². The maximum Gasteiger partial charge on any atom is 0.314 e. The predicted molar refractivity (Wildman–Crippen MR) is 79.9 cm³/mol. The molecule has 0 saturated carbocycles. The Balaban J connectivity index is 3.13. The molecule has 0 aromatic heterocycles. The van der Waals surface area contributed by atoms with Crippen molar-refractivity contribution in [1.29, 1.82) is 0 Å². The maximum atomic E-state index is 11.8. The van der Waals surface area contributed by atoms with E-state index >= 15 is 0 Å². The molecule has 0 unspecified atom stereocenters. The van der Waals surface area contributed by atoms with E-state index in [1.54, 1.807) is 12.1 Å². The molecule has 20 heavy (non-hydrogen) atoms. The van der Waals surface area contributed by atoms with Crippen LogP contribution in [0.15, 0.2) is 24.3 Å². The van der Waals surface area contributed by atoms with Crippen LogP contribution in [0.5, 0.6) is 0 Å². The SMILES string of the molecule is CCCC(CCC)(C(=O)O)c1ccc(NC(C)=O)cc1. The lowest BCUT2D eigenvalue weighted by Gasteiger charge is -2.29. The molecule has 0 spiro atoms. The van der Waals surface area contributed by atoms with Crippen LogP contribution < -0.4 is 5.32 Å². The first-order chi connectivity index (χ1) is 9.46. The second-order valence-corrected chi connectivity index (χ2v) is 5.15. The molecule has 110 valence electrons. The van der Waals surface area contributed by atoms with E-state index in [0.29, 0.717) is 18.5 Å². The zero-order valence-corrected chi connectivity index (χ0v) is 12.4. The summed E-state index contributed by atoms with van der Waals surface area (Å²) < 4.78 is 0. The van der Waals surface area contributed by atoms with E-state index in [1.165, 1.54) is 6.92 Å². The van der Waals surface area contributed by atoms with Crippen LogP contribution in [-0.4, -0.2) is 17.0 Å². The van der Waals surface area contributed by atoms with Gasteiger partial charge in [0.2, 0.25) is 5.91 Å². The molecule has 0 radical (unpaired) electrons. The standard InChI is InChI=1S/C16H23NO3/c1-4-10-16(11-5-2,15(19)20)13-6-8-14(9-7-13)17-12(3)18/h6-9H,4-5,10-11H2,1-3H3,(H,17,18)(H,19,20). The van der Waals surface area contributed by atoms with Crippen LogP contribution in [0.25, 0.3) is 0 Å². The highest BCUT2D eigenvalue weighted by molar-refractivity contribution is 5.89. The minimum atomic E-state index is -0.821. The number of carbonyl (C=O) groups excluding carboxylic acids is 1. The number of benzene rings is 1. The first-order valence-corrected chi connectivity index (χ1v) is 7.07. The Morgan fingerprint density at radius 2 is 1.60 bits per heavy atom. The summed E-state index contributed by atoms with van der Waals surface area (Å²) in [6, 6.07) is 7.15. The quantitative estimate of drug-likeness (QED) is 0.800. The monoisotopic (exact) mass is 277 g/mol. The third-order valence-electron chi connectivity index (χ3n) is 3.52. The molecule has 1 rings (SSSR count). The van der Waals surface area contributed by atoms with Gasteiger partial charge < -0.3 is 10.4 Å². The third-order valence-corrected chi connectivity index (χ3v) is 3.52. The van der Waals surface area contributed by atoms with Gasteiger partial charge in [-0.2, -0.15) is 0 Å². The fourth-order valence-corrected chi connectivity index (χ4v) is 2.68. The molecule has 1 aromatic rings. The van der Waals surface area contributed by atoms with Crippen LogP contribution in [0.1, 0.15) is 52.0 Å². The van der Waals surface area contributed by atoms with Gasteiger partial charge in [-0.1, -0.05) is 38.8 Å². The number of hydrogen-bond acceptors (Lipinski definition) is 2. The summed E-state index contributed by atoms with van der Waals surface area (Å²) in [4.78, 5) is 22.8. The van der Waals surface area contributed by atoms with Crippen molar-refractivity contribution in [2.24, 2.45) is 0 Å². The lowest BCUT2D eigenvalue weighted by atomic mass is 9.73. The van der Waals surface area contributed by atoms with Gasteiger partial charge in [0.25, 0.3) is 0 Å². The Kier molecular flexibility index (Phi) is 5.74. The number of aliphatic carboxylic acids is 1. The Morgan fingerprint density at radius 1 is 1.10 bits per heavy atom. The number of hydrogen-bond donors (Lipinski definition) is 2. The van der Waals surface area contributed by atoms with Gasteiger partial charge in [-0.15, -0.1) is 0 Å². The predicted octanol–water partition coefficient (Wildman–Crippen LogP) is 3.57. The molecule has 2 N–H and O–H groups in total. The van der Waals surface area contributed by atoms with Crippen molar-refractivity contribution in [3.8, 4) is 0 Å². The number of anilines is 1. The molecular formula is C16H23NO3. The van der Waals surface area contributed by atoms with Gasteiger partial charge >= 0.3 is 5.97 Å². The highest BCUT2D eigenvalue weighted by atomic mass is 16.4. The molecule has 0 aliphatic carbocycles. The van der Waals surface area contributed by atoms with Gasteiger partial charge in [0.1, 0.15) is 0 Å². The topological polar surface area (TPSA) is 66.4 Å². The lowest BCUT2D eigenvalue weighted by Crippen LogP contribution is -2.35. The van der Waals surface area contributed by atoms with E-state index in [0.717, 1.165) is 18.4 Å². The Labute approximate surface area is 120 Å². The van der Waals surface area contributed by atoms with E-state index in [1.807, 2.05) is 26.0 Å². The van der Waals surface area contributed by atoms with Crippen LogP contribution in [0.3, 0.4) is 0 Å². The zero-order valence-electron chi connectivity index (χ0n) is 12.4. The highest BCUT2D eigenvalue weighted by Gasteiger charge is 2.38. The fraction of sp³-hybridized carbons (Fsp3) is 0.500. The smallest absolute Gasteiger partial charge is 0.314 e. The van der Waals surface area contributed by atoms with Crippen LogP contribution in [0.2, 0.25) is 0 Å². The molecule has 0 aliphatic heterocycles. The lowest BCUT2D eigenvalue weighted by molar-refractivity contribution is -0.144. The first-order valence-electron chi connectivity index (χ1n) is 7.07. The summed E-state index contributed by atoms with van der Waals surface area (Å²) in [5.74, 6) is -0.905. The van der Waals surface area contributed by atoms with E-state index < -0.39 is 11.4 Å². The van der Waals surface area contributed by atoms with Crippen LogP contribution >= 0.6 is 0 Å². The molecule has 4 heteroatoms. The summed E-state index contributed by atoms with van der Waals surface area (Å²) in [7, 11) is 0. The maximum absolute atomic E-state index is 11.8. The Morgan fingerprint density at radius 3 is 1.95 bits per heavy atom. The summed E-state index contributed by atoms with van der Waals surface area (Å²) in [5, 5.41) is 12.4. The van der Waals surface area contributed by atoms with E-state index in [2.05, 4.69) is 5.32 Å². The molecule has 0 fully saturated rings. The van der Waals surface area contributed by atoms with Gasteiger partial charge in [-0.25, -0.2) is 0 Å². The van der Waals surface area contributed by atoms with E-state index in [4.69, 9.17) is 0 Å². The number of carbonyl (C=O) groups is 2. The molecule has 0 atom stereocenters. The Hall–Kier alpha value is -1.84. The van der Waals surface area contributed by atoms with E-state index in [9.17, 15) is 14.7 Å². The first kappa shape index (κ1) is 16.2. The number of nitrogens with one attached hydrogen (secondary N) is 1. The minimum absolute atomic E-state index is 0.135. The van der Waals surface area contributed by atoms with Crippen molar-refractivity contribution < 1.29 is 14.7 Å². The summed E-state index contributed by atoms with van der Waals surface area (Å²) >= 11 is 0. The second kappa shape index (κ2) is 7.08. The van der Waals surface area contributed by atoms with Crippen molar-refractivity contribution in [3.63, 3.8) is 0 Å². The summed E-state index contributed by atoms with van der Waals surface area (Å²) in [6.45, 7) is 5.45. The minimum Gasteiger partial charge on any atom is -0.481 e. The Bertz CT molecular complexity index is 459. The highest BCUT2D eigenvalue weighted by Crippen LogP contribution is 2.35. The molecular weight excluding hydrogens is 254 g/mol. The number of amides is 1. The number of rotatable bonds is 7. The molecule has 1 aromatic carbocycles. The van der Waals surface area contributed by atoms with Crippen LogP contribution in [0, 0.1) is 0 Å². The van der Waals surface area contributed by atoms with Gasteiger partial charge in [0.05, 0.1) is 5.41 Å². The third kappa shape index (κ3) is 3.59. The number of carboxylic acids is 1. The second-order valence-electron chi connectivity index (χ2n) is 5.15. The van der Waals surface area contributed by atoms with Gasteiger partial charge in [-0.3, -0.25) is 9.59 Å². The number of carboxylic acid groups (broad SMARTS) is 1. The van der Waals surface area contributed by atoms with Crippen molar-refractivity contribution in [1.82, 2.24) is 0 Å². The summed E-state index contributed by atoms with van der Waals surface area (Å²) in [5.41, 5.74) is 0.675. The molecule has 0 saturated heterocycles. The van der Waals surface area contributed by atoms with Crippen molar-refractivity contribution in [2.45, 2.75) is 51.9 Å². The van der Waals surface area contributed by atoms with Gasteiger partial charge in [-0.05, 0) is 30.5 Å². The van der Waals surface area contributed by atoms with Crippen molar-refractivity contribution in [2.75, 3.05) is 5.32 Å². The normalized spacial score (nSPS) is 11.2. The largest absolute Gasteiger partial charge is 0.481 e. The van der Waals surface area contributed by atoms with Gasteiger partial charge in [0, 0.05) is 12.6 Å². The van der Waals surface area contributed by atoms with Crippen LogP contribution in [0.4, 0.5) is 5.69 Å². The molecule has 0 heterocycles. The average Bonchev–Trinajstić information content (AvgIpc) is 2.38. The molecule has 0 aliphatic rings. The molecule has 0 bridgehead atoms. The molecule has 4 nitrogen and oxygen atoms in total. The zero-order chi connectivity index (χ0) is 15.2. The molecule has 1 amide bonds. The van der Waals surface area contributed by atoms with Crippen molar-refractivity contribution in [3.05, 3.63) is 29.8 Å². The fourth-order valence-electron chi connectivity index (χ4n) is 2.68. The van der Waals surface area contributed by atoms with E-state index in [-0.39, 0.29) is 5.91 Å². The van der Waals surface area contributed by atoms with Gasteiger partial charge in [0.15, 0.2) is 0 Å². The van der Waals surface area contributed by atoms with Crippen molar-refractivity contribution >= 4 is 17.6 Å². The summed E-state index contributed by atoms with van der Waals surface area (Å²) in [6.07, 6.45) is 2.88. The average molecular weight is 277 g/mol.